The van der Waals surface area contributed by atoms with Gasteiger partial charge in [0.2, 0.25) is 0 Å². The van der Waals surface area contributed by atoms with E-state index in [0.29, 0.717) is 5.75 Å². The Morgan fingerprint density at radius 1 is 1.29 bits per heavy atom. The molecule has 1 aliphatic heterocycles. The van der Waals surface area contributed by atoms with Crippen LogP contribution in [0.15, 0.2) is 35.0 Å². The number of aromatic hydroxyl groups is 1. The largest absolute Gasteiger partial charge is 0.507 e. The number of phenols is 1. The fraction of sp³-hybridized carbons (Fsp3) is 0.0833. The van der Waals surface area contributed by atoms with Crippen molar-refractivity contribution < 1.29 is 5.11 Å². The van der Waals surface area contributed by atoms with Crippen molar-refractivity contribution in [1.29, 1.82) is 0 Å². The minimum atomic E-state index is 0.315. The minimum absolute atomic E-state index is 0.315. The Morgan fingerprint density at radius 2 is 2.21 bits per heavy atom. The summed E-state index contributed by atoms with van der Waals surface area (Å²) >= 11 is 0. The molecule has 68 valence electrons. The molecule has 2 aliphatic rings. The Kier molecular flexibility index (Phi) is 1.39. The maximum atomic E-state index is 9.64. The summed E-state index contributed by atoms with van der Waals surface area (Å²) in [5.41, 5.74) is 4.37. The molecule has 0 amide bonds. The number of aliphatic imine (C=N–C) groups is 1. The molecule has 2 heteroatoms. The quantitative estimate of drug-likeness (QED) is 0.658. The number of hydrogen-bond donors (Lipinski definition) is 1. The van der Waals surface area contributed by atoms with Crippen molar-refractivity contribution in [3.63, 3.8) is 0 Å². The maximum absolute atomic E-state index is 9.64. The number of rotatable bonds is 0. The van der Waals surface area contributed by atoms with E-state index >= 15 is 0 Å². The highest BCUT2D eigenvalue weighted by Crippen LogP contribution is 2.33. The third kappa shape index (κ3) is 1.08. The molecular formula is C12H9NO. The molecule has 14 heavy (non-hydrogen) atoms. The number of nitrogens with zero attached hydrogens (tertiary/aromatic N) is 1. The van der Waals surface area contributed by atoms with Crippen LogP contribution in [0.5, 0.6) is 5.75 Å². The maximum Gasteiger partial charge on any atom is 0.123 e. The first-order valence-electron chi connectivity index (χ1n) is 4.61. The van der Waals surface area contributed by atoms with E-state index in [1.165, 1.54) is 5.57 Å². The zero-order valence-corrected chi connectivity index (χ0v) is 7.57. The zero-order valence-electron chi connectivity index (χ0n) is 7.57. The van der Waals surface area contributed by atoms with Gasteiger partial charge in [-0.25, -0.2) is 0 Å². The van der Waals surface area contributed by atoms with Gasteiger partial charge >= 0.3 is 0 Å². The van der Waals surface area contributed by atoms with Crippen molar-refractivity contribution in [3.05, 3.63) is 41.1 Å². The van der Waals surface area contributed by atoms with Crippen LogP contribution >= 0.6 is 0 Å². The molecule has 1 saturated carbocycles. The van der Waals surface area contributed by atoms with Crippen LogP contribution in [0.4, 0.5) is 0 Å². The highest BCUT2D eigenvalue weighted by Gasteiger charge is 2.23. The van der Waals surface area contributed by atoms with Gasteiger partial charge in [0.25, 0.3) is 0 Å². The molecule has 2 nitrogen and oxygen atoms in total. The van der Waals surface area contributed by atoms with Crippen LogP contribution in [0.1, 0.15) is 17.5 Å². The summed E-state index contributed by atoms with van der Waals surface area (Å²) in [5, 5.41) is 9.64. The average molecular weight is 183 g/mol. The van der Waals surface area contributed by atoms with Gasteiger partial charge in [-0.15, -0.1) is 0 Å². The van der Waals surface area contributed by atoms with Crippen LogP contribution in [0.2, 0.25) is 0 Å². The standard InChI is InChI=1S/C12H9NO/c14-12-3-1-2-8-6-9-7-11(9)13-5-4-10(8)12/h1-6,14H,7H2/b5-4-,8-6?,9-6-,10-4?,13-5?,13-11-. The van der Waals surface area contributed by atoms with E-state index in [-0.39, 0.29) is 0 Å². The number of fused-ring (bicyclic) bond motifs is 2. The summed E-state index contributed by atoms with van der Waals surface area (Å²) in [5.74, 6) is 0.315. The molecule has 1 fully saturated rings. The lowest BCUT2D eigenvalue weighted by molar-refractivity contribution is 0.474. The van der Waals surface area contributed by atoms with E-state index in [4.69, 9.17) is 0 Å². The van der Waals surface area contributed by atoms with Crippen molar-refractivity contribution in [2.24, 2.45) is 4.99 Å². The normalized spacial score (nSPS) is 26.9. The fourth-order valence-electron chi connectivity index (χ4n) is 1.67. The summed E-state index contributed by atoms with van der Waals surface area (Å²) in [7, 11) is 0. The Morgan fingerprint density at radius 3 is 3.14 bits per heavy atom. The van der Waals surface area contributed by atoms with Crippen LogP contribution in [-0.2, 0) is 0 Å². The second-order valence-electron chi connectivity index (χ2n) is 3.52. The topological polar surface area (TPSA) is 32.6 Å². The van der Waals surface area contributed by atoms with Gasteiger partial charge in [-0.05, 0) is 29.4 Å². The molecule has 0 aromatic heterocycles. The molecular weight excluding hydrogens is 174 g/mol. The molecule has 1 aromatic carbocycles. The van der Waals surface area contributed by atoms with Crippen LogP contribution in [0.3, 0.4) is 0 Å². The molecule has 3 rings (SSSR count). The van der Waals surface area contributed by atoms with Crippen molar-refractivity contribution in [3.8, 4) is 5.75 Å². The molecule has 0 atom stereocenters. The monoisotopic (exact) mass is 183 g/mol. The molecule has 0 saturated heterocycles. The summed E-state index contributed by atoms with van der Waals surface area (Å²) < 4.78 is 0. The summed E-state index contributed by atoms with van der Waals surface area (Å²) in [6.07, 6.45) is 6.69. The van der Waals surface area contributed by atoms with Crippen LogP contribution in [0, 0.1) is 0 Å². The van der Waals surface area contributed by atoms with Crippen LogP contribution < -0.4 is 0 Å². The van der Waals surface area contributed by atoms with Gasteiger partial charge in [-0.1, -0.05) is 12.1 Å². The lowest BCUT2D eigenvalue weighted by Gasteiger charge is -2.03. The highest BCUT2D eigenvalue weighted by atomic mass is 16.3. The summed E-state index contributed by atoms with van der Waals surface area (Å²) in [6, 6.07) is 5.56. The second-order valence-corrected chi connectivity index (χ2v) is 3.52. The first kappa shape index (κ1) is 7.56. The van der Waals surface area contributed by atoms with E-state index < -0.39 is 0 Å². The van der Waals surface area contributed by atoms with E-state index in [0.717, 1.165) is 23.3 Å². The number of benzene rings is 1. The molecule has 0 radical (unpaired) electrons. The van der Waals surface area contributed by atoms with E-state index in [1.807, 2.05) is 18.2 Å². The SMILES string of the molecule is Oc1cccc2c1\C=C/N=C1/C/C1=C/2. The minimum Gasteiger partial charge on any atom is -0.507 e. The first-order valence-corrected chi connectivity index (χ1v) is 4.61. The van der Waals surface area contributed by atoms with E-state index in [1.54, 1.807) is 12.3 Å². The van der Waals surface area contributed by atoms with Gasteiger partial charge in [0, 0.05) is 23.9 Å². The predicted octanol–water partition coefficient (Wildman–Crippen LogP) is 2.60. The van der Waals surface area contributed by atoms with E-state index in [2.05, 4.69) is 11.1 Å². The predicted molar refractivity (Wildman–Crippen MR) is 57.2 cm³/mol. The number of phenolic OH excluding ortho intramolecular Hbond substituents is 1. The number of hydrogen-bond acceptors (Lipinski definition) is 2. The Hall–Kier alpha value is -1.83. The van der Waals surface area contributed by atoms with Gasteiger partial charge in [0.05, 0.1) is 0 Å². The first-order chi connectivity index (χ1) is 6.84. The second kappa shape index (κ2) is 2.58. The van der Waals surface area contributed by atoms with Gasteiger partial charge in [-0.3, -0.25) is 4.99 Å². The Labute approximate surface area is 81.9 Å². The Balaban J connectivity index is 2.25. The third-order valence-electron chi connectivity index (χ3n) is 2.52. The lowest BCUT2D eigenvalue weighted by atomic mass is 10.1. The van der Waals surface area contributed by atoms with Crippen LogP contribution in [0.25, 0.3) is 12.2 Å². The van der Waals surface area contributed by atoms with Crippen molar-refractivity contribution in [2.75, 3.05) is 0 Å². The molecule has 0 unspecified atom stereocenters. The fourth-order valence-corrected chi connectivity index (χ4v) is 1.67. The summed E-state index contributed by atoms with van der Waals surface area (Å²) in [4.78, 5) is 4.25. The van der Waals surface area contributed by atoms with Crippen molar-refractivity contribution in [1.82, 2.24) is 0 Å². The molecule has 0 spiro atoms. The van der Waals surface area contributed by atoms with Gasteiger partial charge in [-0.2, -0.15) is 0 Å². The zero-order chi connectivity index (χ0) is 9.54. The Bertz CT molecular complexity index is 495. The third-order valence-corrected chi connectivity index (χ3v) is 2.52. The van der Waals surface area contributed by atoms with E-state index in [9.17, 15) is 5.11 Å². The van der Waals surface area contributed by atoms with Gasteiger partial charge in [0.15, 0.2) is 0 Å². The van der Waals surface area contributed by atoms with Gasteiger partial charge < -0.3 is 5.11 Å². The number of allylic oxidation sites excluding steroid dienone is 1. The van der Waals surface area contributed by atoms with Crippen molar-refractivity contribution >= 4 is 17.9 Å². The molecule has 1 aromatic rings. The average Bonchev–Trinajstić information content (AvgIpc) is 2.83. The molecule has 1 N–H and O–H groups in total. The lowest BCUT2D eigenvalue weighted by Crippen LogP contribution is -1.83. The smallest absolute Gasteiger partial charge is 0.123 e. The highest BCUT2D eigenvalue weighted by molar-refractivity contribution is 6.21. The molecule has 0 bridgehead atoms. The molecule has 1 heterocycles. The summed E-state index contributed by atoms with van der Waals surface area (Å²) in [6.45, 7) is 0. The molecule has 1 aliphatic carbocycles. The van der Waals surface area contributed by atoms with Crippen LogP contribution in [-0.4, -0.2) is 10.8 Å². The van der Waals surface area contributed by atoms with Gasteiger partial charge in [0.1, 0.15) is 5.75 Å². The van der Waals surface area contributed by atoms with Crippen molar-refractivity contribution in [2.45, 2.75) is 6.42 Å².